The summed E-state index contributed by atoms with van der Waals surface area (Å²) in [6.45, 7) is 4.06. The Morgan fingerprint density at radius 2 is 1.53 bits per heavy atom. The Kier molecular flexibility index (Phi) is 4.48. The van der Waals surface area contributed by atoms with Gasteiger partial charge in [0.05, 0.1) is 0 Å². The Balaban J connectivity index is 2.12. The van der Waals surface area contributed by atoms with E-state index in [2.05, 4.69) is 18.9 Å². The van der Waals surface area contributed by atoms with Crippen LogP contribution in [0.3, 0.4) is 0 Å². The molecule has 0 N–H and O–H groups in total. The predicted octanol–water partition coefficient (Wildman–Crippen LogP) is 3.37. The van der Waals surface area contributed by atoms with Gasteiger partial charge in [0.2, 0.25) is 0 Å². The lowest BCUT2D eigenvalue weighted by molar-refractivity contribution is 0.103. The fourth-order valence-electron chi connectivity index (χ4n) is 1.94. The van der Waals surface area contributed by atoms with Crippen molar-refractivity contribution < 1.29 is 4.79 Å². The molecule has 0 saturated heterocycles. The number of hydrogen-bond acceptors (Lipinski definition) is 2. The van der Waals surface area contributed by atoms with Gasteiger partial charge in [-0.3, -0.25) is 4.79 Å². The maximum Gasteiger partial charge on any atom is 0.193 e. The number of carbonyl (C=O) groups is 1. The second-order valence-electron chi connectivity index (χ2n) is 4.72. The highest BCUT2D eigenvalue weighted by Gasteiger charge is 2.08. The van der Waals surface area contributed by atoms with E-state index in [1.165, 1.54) is 5.56 Å². The van der Waals surface area contributed by atoms with Gasteiger partial charge in [0.25, 0.3) is 0 Å². The van der Waals surface area contributed by atoms with Gasteiger partial charge in [-0.15, -0.1) is 0 Å². The Morgan fingerprint density at radius 1 is 0.947 bits per heavy atom. The van der Waals surface area contributed by atoms with Crippen molar-refractivity contribution in [1.29, 1.82) is 0 Å². The maximum atomic E-state index is 12.2. The summed E-state index contributed by atoms with van der Waals surface area (Å²) in [5.74, 6) is 0.0796. The first-order valence-corrected chi connectivity index (χ1v) is 6.58. The monoisotopic (exact) mass is 253 g/mol. The number of hydrogen-bond donors (Lipinski definition) is 0. The molecule has 0 atom stereocenters. The SMILES string of the molecule is CCN(C)Cc1ccc(C(=O)c2ccccc2)cc1. The minimum Gasteiger partial charge on any atom is -0.302 e. The van der Waals surface area contributed by atoms with E-state index >= 15 is 0 Å². The van der Waals surface area contributed by atoms with Crippen LogP contribution in [0.2, 0.25) is 0 Å². The van der Waals surface area contributed by atoms with Crippen LogP contribution in [-0.2, 0) is 6.54 Å². The lowest BCUT2D eigenvalue weighted by Crippen LogP contribution is -2.16. The summed E-state index contributed by atoms with van der Waals surface area (Å²) in [4.78, 5) is 14.5. The summed E-state index contributed by atoms with van der Waals surface area (Å²) in [6.07, 6.45) is 0. The first kappa shape index (κ1) is 13.5. The summed E-state index contributed by atoms with van der Waals surface area (Å²) in [5, 5.41) is 0. The number of nitrogens with zero attached hydrogens (tertiary/aromatic N) is 1. The Hall–Kier alpha value is -1.93. The quantitative estimate of drug-likeness (QED) is 0.761. The molecule has 0 bridgehead atoms. The van der Waals surface area contributed by atoms with Gasteiger partial charge in [-0.05, 0) is 19.2 Å². The normalized spacial score (nSPS) is 10.7. The van der Waals surface area contributed by atoms with E-state index in [-0.39, 0.29) is 5.78 Å². The molecule has 2 aromatic rings. The van der Waals surface area contributed by atoms with Crippen molar-refractivity contribution in [1.82, 2.24) is 4.90 Å². The van der Waals surface area contributed by atoms with E-state index in [4.69, 9.17) is 0 Å². The maximum absolute atomic E-state index is 12.2. The van der Waals surface area contributed by atoms with Crippen molar-refractivity contribution in [2.45, 2.75) is 13.5 Å². The third kappa shape index (κ3) is 3.52. The third-order valence-electron chi connectivity index (χ3n) is 3.24. The van der Waals surface area contributed by atoms with E-state index in [1.807, 2.05) is 54.6 Å². The van der Waals surface area contributed by atoms with Gasteiger partial charge >= 0.3 is 0 Å². The highest BCUT2D eigenvalue weighted by molar-refractivity contribution is 6.08. The van der Waals surface area contributed by atoms with E-state index in [0.717, 1.165) is 24.2 Å². The van der Waals surface area contributed by atoms with Crippen molar-refractivity contribution in [3.05, 3.63) is 71.3 Å². The van der Waals surface area contributed by atoms with Crippen LogP contribution in [0.25, 0.3) is 0 Å². The zero-order valence-electron chi connectivity index (χ0n) is 11.5. The van der Waals surface area contributed by atoms with Crippen LogP contribution in [-0.4, -0.2) is 24.3 Å². The van der Waals surface area contributed by atoms with Crippen LogP contribution in [0.15, 0.2) is 54.6 Å². The molecule has 0 radical (unpaired) electrons. The topological polar surface area (TPSA) is 20.3 Å². The molecule has 2 aromatic carbocycles. The standard InChI is InChI=1S/C17H19NO/c1-3-18(2)13-14-9-11-16(12-10-14)17(19)15-7-5-4-6-8-15/h4-12H,3,13H2,1-2H3. The molecule has 0 fully saturated rings. The average molecular weight is 253 g/mol. The van der Waals surface area contributed by atoms with Gasteiger partial charge in [0.1, 0.15) is 0 Å². The molecule has 2 heteroatoms. The van der Waals surface area contributed by atoms with E-state index in [0.29, 0.717) is 0 Å². The number of carbonyl (C=O) groups excluding carboxylic acids is 1. The zero-order valence-corrected chi connectivity index (χ0v) is 11.5. The highest BCUT2D eigenvalue weighted by atomic mass is 16.1. The smallest absolute Gasteiger partial charge is 0.193 e. The minimum absolute atomic E-state index is 0.0796. The van der Waals surface area contributed by atoms with Gasteiger partial charge in [-0.25, -0.2) is 0 Å². The van der Waals surface area contributed by atoms with Crippen molar-refractivity contribution in [3.8, 4) is 0 Å². The Bertz CT molecular complexity index is 531. The van der Waals surface area contributed by atoms with Crippen LogP contribution >= 0.6 is 0 Å². The van der Waals surface area contributed by atoms with Crippen LogP contribution < -0.4 is 0 Å². The number of ketones is 1. The number of rotatable bonds is 5. The summed E-state index contributed by atoms with van der Waals surface area (Å²) < 4.78 is 0. The largest absolute Gasteiger partial charge is 0.302 e. The Labute approximate surface area is 114 Å². The second-order valence-corrected chi connectivity index (χ2v) is 4.72. The van der Waals surface area contributed by atoms with Crippen LogP contribution in [0.1, 0.15) is 28.4 Å². The second kappa shape index (κ2) is 6.30. The fraction of sp³-hybridized carbons (Fsp3) is 0.235. The molecule has 0 unspecified atom stereocenters. The first-order valence-electron chi connectivity index (χ1n) is 6.58. The summed E-state index contributed by atoms with van der Waals surface area (Å²) in [5.41, 5.74) is 2.71. The lowest BCUT2D eigenvalue weighted by atomic mass is 10.0. The third-order valence-corrected chi connectivity index (χ3v) is 3.24. The molecule has 0 amide bonds. The summed E-state index contributed by atoms with van der Waals surface area (Å²) in [7, 11) is 2.09. The molecule has 0 saturated carbocycles. The van der Waals surface area contributed by atoms with Gasteiger partial charge in [-0.1, -0.05) is 61.5 Å². The minimum atomic E-state index is 0.0796. The van der Waals surface area contributed by atoms with Crippen molar-refractivity contribution in [2.24, 2.45) is 0 Å². The van der Waals surface area contributed by atoms with Gasteiger partial charge in [0, 0.05) is 17.7 Å². The molecule has 2 rings (SSSR count). The molecular formula is C17H19NO. The van der Waals surface area contributed by atoms with E-state index in [1.54, 1.807) is 0 Å². The van der Waals surface area contributed by atoms with Crippen LogP contribution in [0.5, 0.6) is 0 Å². The summed E-state index contributed by atoms with van der Waals surface area (Å²) >= 11 is 0. The van der Waals surface area contributed by atoms with Crippen LogP contribution in [0.4, 0.5) is 0 Å². The molecule has 0 heterocycles. The van der Waals surface area contributed by atoms with Gasteiger partial charge in [-0.2, -0.15) is 0 Å². The first-order chi connectivity index (χ1) is 9.20. The molecule has 0 aliphatic heterocycles. The number of benzene rings is 2. The highest BCUT2D eigenvalue weighted by Crippen LogP contribution is 2.12. The molecule has 0 aromatic heterocycles. The molecular weight excluding hydrogens is 234 g/mol. The predicted molar refractivity (Wildman–Crippen MR) is 78.3 cm³/mol. The van der Waals surface area contributed by atoms with Crippen molar-refractivity contribution in [3.63, 3.8) is 0 Å². The van der Waals surface area contributed by atoms with E-state index < -0.39 is 0 Å². The molecule has 19 heavy (non-hydrogen) atoms. The van der Waals surface area contributed by atoms with Gasteiger partial charge in [0.15, 0.2) is 5.78 Å². The molecule has 0 spiro atoms. The average Bonchev–Trinajstić information content (AvgIpc) is 2.48. The molecule has 98 valence electrons. The van der Waals surface area contributed by atoms with Gasteiger partial charge < -0.3 is 4.90 Å². The van der Waals surface area contributed by atoms with Crippen molar-refractivity contribution >= 4 is 5.78 Å². The zero-order chi connectivity index (χ0) is 13.7. The lowest BCUT2D eigenvalue weighted by Gasteiger charge is -2.13. The van der Waals surface area contributed by atoms with E-state index in [9.17, 15) is 4.79 Å². The Morgan fingerprint density at radius 3 is 2.11 bits per heavy atom. The fourth-order valence-corrected chi connectivity index (χ4v) is 1.94. The molecule has 2 nitrogen and oxygen atoms in total. The molecule has 0 aliphatic rings. The molecule has 0 aliphatic carbocycles. The summed E-state index contributed by atoms with van der Waals surface area (Å²) in [6, 6.07) is 17.3. The van der Waals surface area contributed by atoms with Crippen molar-refractivity contribution in [2.75, 3.05) is 13.6 Å². The van der Waals surface area contributed by atoms with Crippen LogP contribution in [0, 0.1) is 0 Å².